The van der Waals surface area contributed by atoms with Gasteiger partial charge in [-0.2, -0.15) is 0 Å². The molecule has 1 aliphatic carbocycles. The molecule has 4 rings (SSSR count). The summed E-state index contributed by atoms with van der Waals surface area (Å²) in [6.07, 6.45) is 8.93. The Morgan fingerprint density at radius 1 is 0.953 bits per heavy atom. The van der Waals surface area contributed by atoms with Crippen LogP contribution in [0.5, 0.6) is 0 Å². The van der Waals surface area contributed by atoms with Crippen molar-refractivity contribution in [2.75, 3.05) is 12.0 Å². The Hall–Kier alpha value is -3.49. The van der Waals surface area contributed by atoms with E-state index >= 15 is 0 Å². The fourth-order valence-electron chi connectivity index (χ4n) is 5.70. The minimum atomic E-state index is -3.39. The van der Waals surface area contributed by atoms with E-state index in [9.17, 15) is 23.1 Å². The maximum absolute atomic E-state index is 13.4. The maximum Gasteiger partial charge on any atom is 0.326 e. The van der Waals surface area contributed by atoms with Gasteiger partial charge in [0.15, 0.2) is 0 Å². The zero-order valence-electron chi connectivity index (χ0n) is 25.4. The van der Waals surface area contributed by atoms with Crippen LogP contribution in [0.15, 0.2) is 54.6 Å². The van der Waals surface area contributed by atoms with E-state index < -0.39 is 27.8 Å². The van der Waals surface area contributed by atoms with Gasteiger partial charge < -0.3 is 15.2 Å². The van der Waals surface area contributed by atoms with Gasteiger partial charge in [0, 0.05) is 11.8 Å². The number of hydrogen-bond acceptors (Lipinski definition) is 5. The van der Waals surface area contributed by atoms with Crippen molar-refractivity contribution >= 4 is 21.7 Å². The number of aliphatic carboxylic acids is 1. The number of nitrogens with one attached hydrogen (secondary N) is 1. The molecule has 0 spiro atoms. The van der Waals surface area contributed by atoms with Crippen LogP contribution >= 0.6 is 0 Å². The van der Waals surface area contributed by atoms with Crippen molar-refractivity contribution in [3.63, 3.8) is 0 Å². The molecule has 3 aromatic rings. The summed E-state index contributed by atoms with van der Waals surface area (Å²) in [5, 5.41) is 12.2. The van der Waals surface area contributed by atoms with Gasteiger partial charge in [-0.15, -0.1) is 0 Å². The first kappa shape index (κ1) is 32.4. The smallest absolute Gasteiger partial charge is 0.326 e. The molecule has 0 radical (unpaired) electrons. The summed E-state index contributed by atoms with van der Waals surface area (Å²) in [4.78, 5) is 25.2. The summed E-state index contributed by atoms with van der Waals surface area (Å²) in [6.45, 7) is 5.04. The molecular formula is C35H43NO6S. The molecule has 0 unspecified atom stereocenters. The number of benzene rings is 3. The second-order valence-corrected chi connectivity index (χ2v) is 13.9. The van der Waals surface area contributed by atoms with E-state index in [1.54, 1.807) is 6.07 Å². The first-order valence-electron chi connectivity index (χ1n) is 15.2. The molecule has 0 aromatic heterocycles. The van der Waals surface area contributed by atoms with E-state index in [4.69, 9.17) is 4.74 Å². The van der Waals surface area contributed by atoms with E-state index in [1.165, 1.54) is 35.1 Å². The van der Waals surface area contributed by atoms with Crippen molar-refractivity contribution in [2.24, 2.45) is 0 Å². The van der Waals surface area contributed by atoms with Crippen molar-refractivity contribution < 1.29 is 27.9 Å². The maximum atomic E-state index is 13.4. The lowest BCUT2D eigenvalue weighted by Gasteiger charge is -2.20. The van der Waals surface area contributed by atoms with Crippen LogP contribution in [0.1, 0.15) is 82.8 Å². The number of fused-ring (bicyclic) bond motifs is 1. The van der Waals surface area contributed by atoms with Crippen LogP contribution in [0.4, 0.5) is 0 Å². The molecule has 0 heterocycles. The minimum Gasteiger partial charge on any atom is -0.480 e. The fourth-order valence-corrected chi connectivity index (χ4v) is 6.37. The molecule has 230 valence electrons. The van der Waals surface area contributed by atoms with Gasteiger partial charge in [-0.25, -0.2) is 13.2 Å². The zero-order chi connectivity index (χ0) is 31.0. The van der Waals surface area contributed by atoms with Crippen molar-refractivity contribution in [3.05, 3.63) is 93.5 Å². The highest BCUT2D eigenvalue weighted by Crippen LogP contribution is 2.30. The topological polar surface area (TPSA) is 110 Å². The minimum absolute atomic E-state index is 0.214. The number of carboxylic acids is 1. The third-order valence-electron chi connectivity index (χ3n) is 8.13. The summed E-state index contributed by atoms with van der Waals surface area (Å²) in [6, 6.07) is 16.6. The summed E-state index contributed by atoms with van der Waals surface area (Å²) in [5.41, 5.74) is 9.26. The quantitative estimate of drug-likeness (QED) is 0.226. The molecule has 1 amide bonds. The highest BCUT2D eigenvalue weighted by atomic mass is 32.2. The van der Waals surface area contributed by atoms with Crippen LogP contribution < -0.4 is 5.32 Å². The van der Waals surface area contributed by atoms with Gasteiger partial charge in [-0.1, -0.05) is 55.8 Å². The molecule has 0 saturated carbocycles. The molecule has 1 aliphatic rings. The van der Waals surface area contributed by atoms with Crippen molar-refractivity contribution in [1.82, 2.24) is 5.32 Å². The molecule has 0 fully saturated rings. The number of unbranched alkanes of at least 4 members (excludes halogenated alkanes) is 1. The van der Waals surface area contributed by atoms with E-state index in [0.29, 0.717) is 24.3 Å². The van der Waals surface area contributed by atoms with Gasteiger partial charge in [0.2, 0.25) is 0 Å². The number of amides is 1. The van der Waals surface area contributed by atoms with E-state index in [1.807, 2.05) is 43.3 Å². The third kappa shape index (κ3) is 9.00. The van der Waals surface area contributed by atoms with Crippen LogP contribution in [0.2, 0.25) is 0 Å². The summed E-state index contributed by atoms with van der Waals surface area (Å²) < 4.78 is 29.5. The number of carbonyl (C=O) groups excluding carboxylic acids is 1. The summed E-state index contributed by atoms with van der Waals surface area (Å²) >= 11 is 0. The second kappa shape index (κ2) is 14.8. The van der Waals surface area contributed by atoms with Crippen LogP contribution in [0.3, 0.4) is 0 Å². The predicted octanol–water partition coefficient (Wildman–Crippen LogP) is 6.22. The molecule has 7 nitrogen and oxygen atoms in total. The first-order chi connectivity index (χ1) is 20.6. The average Bonchev–Trinajstić information content (AvgIpc) is 2.97. The Kier molecular flexibility index (Phi) is 11.2. The Labute approximate surface area is 255 Å². The molecule has 0 bridgehead atoms. The number of carbonyl (C=O) groups is 2. The van der Waals surface area contributed by atoms with Gasteiger partial charge in [0.05, 0.1) is 19.0 Å². The standard InChI is InChI=1S/C35H43NO6S/c1-4-5-11-28-20-26-12-7-8-13-27(26)21-29(28)23-42-22-25-15-16-31(32(19-25)30-14-9-6-10-24(30)2)34(37)36-33(35(38)39)17-18-43(3,40)41/h6,9-10,14-16,19-21,33H,4-5,7-8,11-13,17-18,22-23H2,1-3H3,(H,36,37)(H,38,39)/t33-/m0/s1. The molecule has 8 heteroatoms. The third-order valence-corrected chi connectivity index (χ3v) is 9.11. The normalized spacial score (nSPS) is 13.7. The first-order valence-corrected chi connectivity index (χ1v) is 17.2. The molecule has 43 heavy (non-hydrogen) atoms. The Balaban J connectivity index is 1.56. The zero-order valence-corrected chi connectivity index (χ0v) is 26.3. The molecule has 2 N–H and O–H groups in total. The monoisotopic (exact) mass is 605 g/mol. The number of carboxylic acid groups (broad SMARTS) is 1. The van der Waals surface area contributed by atoms with Gasteiger partial charge in [0.25, 0.3) is 5.91 Å². The highest BCUT2D eigenvalue weighted by molar-refractivity contribution is 7.90. The molecular weight excluding hydrogens is 562 g/mol. The fraction of sp³-hybridized carbons (Fsp3) is 0.429. The molecule has 0 aliphatic heterocycles. The van der Waals surface area contributed by atoms with Crippen molar-refractivity contribution in [1.29, 1.82) is 0 Å². The second-order valence-electron chi connectivity index (χ2n) is 11.7. The Morgan fingerprint density at radius 2 is 1.65 bits per heavy atom. The van der Waals surface area contributed by atoms with Gasteiger partial charge in [-0.3, -0.25) is 4.79 Å². The highest BCUT2D eigenvalue weighted by Gasteiger charge is 2.24. The number of hydrogen-bond donors (Lipinski definition) is 2. The molecule has 3 aromatic carbocycles. The molecule has 0 saturated heterocycles. The van der Waals surface area contributed by atoms with Crippen LogP contribution in [0, 0.1) is 6.92 Å². The SMILES string of the molecule is CCCCc1cc2c(cc1COCc1ccc(C(=O)N[C@@H](CCS(C)(=O)=O)C(=O)O)c(-c3ccccc3C)c1)CCCC2. The van der Waals surface area contributed by atoms with Crippen LogP contribution in [-0.2, 0) is 51.8 Å². The van der Waals surface area contributed by atoms with Gasteiger partial charge in [0.1, 0.15) is 15.9 Å². The lowest BCUT2D eigenvalue weighted by Crippen LogP contribution is -2.42. The van der Waals surface area contributed by atoms with Crippen molar-refractivity contribution in [2.45, 2.75) is 84.5 Å². The number of sulfone groups is 1. The predicted molar refractivity (Wildman–Crippen MR) is 170 cm³/mol. The number of aryl methyl sites for hydroxylation is 4. The van der Waals surface area contributed by atoms with E-state index in [2.05, 4.69) is 24.4 Å². The van der Waals surface area contributed by atoms with Gasteiger partial charge in [-0.05, 0) is 109 Å². The number of ether oxygens (including phenoxy) is 1. The van der Waals surface area contributed by atoms with Crippen LogP contribution in [-0.4, -0.2) is 43.5 Å². The van der Waals surface area contributed by atoms with E-state index in [-0.39, 0.29) is 12.2 Å². The summed E-state index contributed by atoms with van der Waals surface area (Å²) in [5.74, 6) is -2.18. The van der Waals surface area contributed by atoms with Crippen LogP contribution in [0.25, 0.3) is 11.1 Å². The lowest BCUT2D eigenvalue weighted by molar-refractivity contribution is -0.139. The Morgan fingerprint density at radius 3 is 2.30 bits per heavy atom. The van der Waals surface area contributed by atoms with E-state index in [0.717, 1.165) is 55.1 Å². The largest absolute Gasteiger partial charge is 0.480 e. The molecule has 1 atom stereocenters. The Bertz CT molecular complexity index is 1560. The van der Waals surface area contributed by atoms with Crippen molar-refractivity contribution in [3.8, 4) is 11.1 Å². The van der Waals surface area contributed by atoms with Gasteiger partial charge >= 0.3 is 5.97 Å². The summed E-state index contributed by atoms with van der Waals surface area (Å²) in [7, 11) is -3.39. The lowest BCUT2D eigenvalue weighted by atomic mass is 9.87. The average molecular weight is 606 g/mol. The number of rotatable bonds is 14.